The zero-order valence-corrected chi connectivity index (χ0v) is 20.8. The van der Waals surface area contributed by atoms with Crippen LogP contribution < -0.4 is 14.8 Å². The molecule has 1 aliphatic heterocycles. The normalized spacial score (nSPS) is 15.8. The first-order valence-corrected chi connectivity index (χ1v) is 11.7. The molecule has 8 heteroatoms. The predicted octanol–water partition coefficient (Wildman–Crippen LogP) is 5.07. The van der Waals surface area contributed by atoms with Crippen LogP contribution in [0.4, 0.5) is 4.79 Å². The molecule has 0 spiro atoms. The second-order valence-corrected chi connectivity index (χ2v) is 9.72. The van der Waals surface area contributed by atoms with Crippen molar-refractivity contribution < 1.29 is 28.2 Å². The minimum Gasteiger partial charge on any atom is -0.497 e. The van der Waals surface area contributed by atoms with Crippen LogP contribution in [0.5, 0.6) is 11.5 Å². The number of carbonyl (C=O) groups is 2. The lowest BCUT2D eigenvalue weighted by Crippen LogP contribution is -2.40. The monoisotopic (exact) mass is 480 g/mol. The molecule has 1 fully saturated rings. The first-order chi connectivity index (χ1) is 16.6. The summed E-state index contributed by atoms with van der Waals surface area (Å²) in [6.07, 6.45) is 0.298. The topological polar surface area (TPSA) is 90.2 Å². The average molecular weight is 481 g/mol. The van der Waals surface area contributed by atoms with Gasteiger partial charge in [0.15, 0.2) is 0 Å². The number of ether oxygens (including phenoxy) is 3. The van der Waals surface area contributed by atoms with Gasteiger partial charge < -0.3 is 28.8 Å². The lowest BCUT2D eigenvalue weighted by molar-refractivity contribution is 0.0290. The third-order valence-electron chi connectivity index (χ3n) is 5.78. The Labute approximate surface area is 205 Å². The second kappa shape index (κ2) is 9.90. The number of likely N-dealkylation sites (tertiary alicyclic amines) is 1. The van der Waals surface area contributed by atoms with E-state index in [0.717, 1.165) is 11.3 Å². The van der Waals surface area contributed by atoms with E-state index in [9.17, 15) is 9.59 Å². The highest BCUT2D eigenvalue weighted by atomic mass is 16.6. The van der Waals surface area contributed by atoms with Crippen molar-refractivity contribution in [2.45, 2.75) is 52.4 Å². The van der Waals surface area contributed by atoms with Gasteiger partial charge in [-0.1, -0.05) is 12.1 Å². The summed E-state index contributed by atoms with van der Waals surface area (Å²) in [6, 6.07) is 13.0. The maximum Gasteiger partial charge on any atom is 0.410 e. The summed E-state index contributed by atoms with van der Waals surface area (Å²) in [7, 11) is 1.63. The SMILES string of the molecule is COc1cccc(COc2ccc3oc(C)c(C(=O)NC4CCN(C(=O)OC(C)(C)C)C4)c3c2)c1. The van der Waals surface area contributed by atoms with Crippen LogP contribution >= 0.6 is 0 Å². The number of aryl methyl sites for hydroxylation is 1. The van der Waals surface area contributed by atoms with E-state index in [1.54, 1.807) is 25.0 Å². The molecule has 8 nitrogen and oxygen atoms in total. The van der Waals surface area contributed by atoms with Crippen LogP contribution in [0, 0.1) is 6.92 Å². The maximum absolute atomic E-state index is 13.2. The van der Waals surface area contributed by atoms with Crippen LogP contribution in [0.1, 0.15) is 48.9 Å². The predicted molar refractivity (Wildman–Crippen MR) is 132 cm³/mol. The van der Waals surface area contributed by atoms with Crippen molar-refractivity contribution in [1.29, 1.82) is 0 Å². The van der Waals surface area contributed by atoms with Crippen molar-refractivity contribution in [2.24, 2.45) is 0 Å². The molecule has 1 atom stereocenters. The van der Waals surface area contributed by atoms with Crippen LogP contribution in [0.3, 0.4) is 0 Å². The zero-order valence-electron chi connectivity index (χ0n) is 20.8. The highest BCUT2D eigenvalue weighted by Gasteiger charge is 2.31. The molecule has 1 saturated heterocycles. The fourth-order valence-corrected chi connectivity index (χ4v) is 4.13. The van der Waals surface area contributed by atoms with Gasteiger partial charge in [-0.05, 0) is 70.0 Å². The number of rotatable bonds is 6. The molecule has 0 saturated carbocycles. The summed E-state index contributed by atoms with van der Waals surface area (Å²) in [4.78, 5) is 27.2. The van der Waals surface area contributed by atoms with Gasteiger partial charge in [-0.3, -0.25) is 4.79 Å². The Morgan fingerprint density at radius 3 is 2.69 bits per heavy atom. The molecule has 1 N–H and O–H groups in total. The van der Waals surface area contributed by atoms with E-state index in [-0.39, 0.29) is 18.0 Å². The first-order valence-electron chi connectivity index (χ1n) is 11.7. The number of hydrogen-bond acceptors (Lipinski definition) is 6. The summed E-state index contributed by atoms with van der Waals surface area (Å²) in [5.74, 6) is 1.70. The van der Waals surface area contributed by atoms with Crippen LogP contribution in [-0.4, -0.2) is 48.7 Å². The average Bonchev–Trinajstić information content (AvgIpc) is 3.40. The number of hydrogen-bond donors (Lipinski definition) is 1. The summed E-state index contributed by atoms with van der Waals surface area (Å²) in [5, 5.41) is 3.73. The van der Waals surface area contributed by atoms with E-state index in [4.69, 9.17) is 18.6 Å². The number of furan rings is 1. The van der Waals surface area contributed by atoms with Gasteiger partial charge in [0.25, 0.3) is 5.91 Å². The Kier molecular flexibility index (Phi) is 6.91. The third-order valence-corrected chi connectivity index (χ3v) is 5.78. The van der Waals surface area contributed by atoms with Crippen LogP contribution in [0.15, 0.2) is 46.9 Å². The minimum atomic E-state index is -0.558. The molecule has 0 radical (unpaired) electrons. The summed E-state index contributed by atoms with van der Waals surface area (Å²) in [6.45, 7) is 8.58. The quantitative estimate of drug-likeness (QED) is 0.530. The fraction of sp³-hybridized carbons (Fsp3) is 0.407. The van der Waals surface area contributed by atoms with Gasteiger partial charge in [0.1, 0.15) is 35.1 Å². The maximum atomic E-state index is 13.2. The number of methoxy groups -OCH3 is 1. The van der Waals surface area contributed by atoms with Gasteiger partial charge in [-0.25, -0.2) is 4.79 Å². The Balaban J connectivity index is 1.44. The van der Waals surface area contributed by atoms with E-state index in [0.29, 0.717) is 54.2 Å². The Morgan fingerprint density at radius 2 is 1.94 bits per heavy atom. The van der Waals surface area contributed by atoms with Gasteiger partial charge in [0.05, 0.1) is 12.7 Å². The molecule has 4 rings (SSSR count). The molecule has 2 aromatic carbocycles. The molecule has 0 aliphatic carbocycles. The molecular weight excluding hydrogens is 448 g/mol. The van der Waals surface area contributed by atoms with Crippen molar-refractivity contribution in [3.63, 3.8) is 0 Å². The Hall–Kier alpha value is -3.68. The molecule has 1 aliphatic rings. The molecule has 3 aromatic rings. The van der Waals surface area contributed by atoms with Crippen LogP contribution in [0.25, 0.3) is 11.0 Å². The molecule has 0 bridgehead atoms. The number of fused-ring (bicyclic) bond motifs is 1. The fourth-order valence-electron chi connectivity index (χ4n) is 4.13. The Bertz CT molecular complexity index is 1230. The summed E-state index contributed by atoms with van der Waals surface area (Å²) < 4.78 is 22.5. The van der Waals surface area contributed by atoms with E-state index in [2.05, 4.69) is 5.32 Å². The van der Waals surface area contributed by atoms with E-state index in [1.807, 2.05) is 57.2 Å². The lowest BCUT2D eigenvalue weighted by Gasteiger charge is -2.24. The standard InChI is InChI=1S/C27H32N2O6/c1-17-24(25(30)28-19-11-12-29(15-19)26(31)35-27(2,3)4)22-14-21(9-10-23(22)34-17)33-16-18-7-6-8-20(13-18)32-5/h6-10,13-14,19H,11-12,15-16H2,1-5H3,(H,28,30). The highest BCUT2D eigenvalue weighted by molar-refractivity contribution is 6.07. The van der Waals surface area contributed by atoms with E-state index in [1.165, 1.54) is 0 Å². The molecule has 186 valence electrons. The van der Waals surface area contributed by atoms with Crippen molar-refractivity contribution in [2.75, 3.05) is 20.2 Å². The van der Waals surface area contributed by atoms with Crippen molar-refractivity contribution in [3.8, 4) is 11.5 Å². The molecule has 35 heavy (non-hydrogen) atoms. The van der Waals surface area contributed by atoms with Crippen LogP contribution in [0.2, 0.25) is 0 Å². The van der Waals surface area contributed by atoms with Gasteiger partial charge >= 0.3 is 6.09 Å². The number of amides is 2. The van der Waals surface area contributed by atoms with Crippen LogP contribution in [-0.2, 0) is 11.3 Å². The zero-order chi connectivity index (χ0) is 25.2. The summed E-state index contributed by atoms with van der Waals surface area (Å²) >= 11 is 0. The largest absolute Gasteiger partial charge is 0.497 e. The first kappa shape index (κ1) is 24.4. The van der Waals surface area contributed by atoms with Crippen molar-refractivity contribution in [1.82, 2.24) is 10.2 Å². The highest BCUT2D eigenvalue weighted by Crippen LogP contribution is 2.30. The van der Waals surface area contributed by atoms with Gasteiger partial charge in [0, 0.05) is 24.5 Å². The number of carbonyl (C=O) groups excluding carboxylic acids is 2. The second-order valence-electron chi connectivity index (χ2n) is 9.72. The van der Waals surface area contributed by atoms with E-state index >= 15 is 0 Å². The molecule has 1 unspecified atom stereocenters. The summed E-state index contributed by atoms with van der Waals surface area (Å²) in [5.41, 5.74) is 1.50. The Morgan fingerprint density at radius 1 is 1.14 bits per heavy atom. The van der Waals surface area contributed by atoms with Gasteiger partial charge in [0.2, 0.25) is 0 Å². The molecule has 2 amide bonds. The smallest absolute Gasteiger partial charge is 0.410 e. The van der Waals surface area contributed by atoms with E-state index < -0.39 is 5.60 Å². The van der Waals surface area contributed by atoms with Gasteiger partial charge in [-0.2, -0.15) is 0 Å². The minimum absolute atomic E-state index is 0.160. The molecule has 2 heterocycles. The molecule has 1 aromatic heterocycles. The molecular formula is C27H32N2O6. The lowest BCUT2D eigenvalue weighted by atomic mass is 10.1. The number of benzene rings is 2. The van der Waals surface area contributed by atoms with Gasteiger partial charge in [-0.15, -0.1) is 0 Å². The van der Waals surface area contributed by atoms with Crippen molar-refractivity contribution in [3.05, 3.63) is 59.4 Å². The van der Waals surface area contributed by atoms with Crippen molar-refractivity contribution >= 4 is 23.0 Å². The number of nitrogens with zero attached hydrogens (tertiary/aromatic N) is 1. The third kappa shape index (κ3) is 5.88. The number of nitrogens with one attached hydrogen (secondary N) is 1.